The molecule has 0 heterocycles. The number of hydrogen-bond donors (Lipinski definition) is 1. The van der Waals surface area contributed by atoms with E-state index in [2.05, 4.69) is 23.5 Å². The second-order valence-electron chi connectivity index (χ2n) is 5.26. The van der Waals surface area contributed by atoms with Gasteiger partial charge in [-0.05, 0) is 49.3 Å². The van der Waals surface area contributed by atoms with E-state index in [0.29, 0.717) is 5.11 Å². The molecule has 3 nitrogen and oxygen atoms in total. The molecule has 1 N–H and O–H groups in total. The largest absolute Gasteiger partial charge is 0.350 e. The Balaban J connectivity index is 2.21. The summed E-state index contributed by atoms with van der Waals surface area (Å²) >= 11 is 5.31. The minimum Gasteiger partial charge on any atom is -0.350 e. The van der Waals surface area contributed by atoms with Crippen LogP contribution < -0.4 is 5.32 Å². The summed E-state index contributed by atoms with van der Waals surface area (Å²) in [7, 11) is 0. The molecule has 0 bridgehead atoms. The minimum atomic E-state index is -0.250. The minimum absolute atomic E-state index is 0.0618. The van der Waals surface area contributed by atoms with Gasteiger partial charge in [-0.25, -0.2) is 0 Å². The number of fused-ring (bicyclic) bond motifs is 1. The first-order valence-corrected chi connectivity index (χ1v) is 8.06. The van der Waals surface area contributed by atoms with Gasteiger partial charge in [0.2, 0.25) is 5.91 Å². The highest BCUT2D eigenvalue weighted by molar-refractivity contribution is 7.80. The number of nitrogens with zero attached hydrogens (tertiary/aromatic N) is 1. The molecule has 0 saturated carbocycles. The Labute approximate surface area is 137 Å². The van der Waals surface area contributed by atoms with E-state index in [4.69, 9.17) is 12.2 Å². The van der Waals surface area contributed by atoms with Crippen LogP contribution in [-0.2, 0) is 4.79 Å². The molecule has 0 aliphatic heterocycles. The summed E-state index contributed by atoms with van der Waals surface area (Å²) in [5.41, 5.74) is 1.03. The van der Waals surface area contributed by atoms with Crippen LogP contribution in [-0.4, -0.2) is 29.0 Å². The Bertz CT molecular complexity index is 674. The average molecular weight is 314 g/mol. The first kappa shape index (κ1) is 16.4. The monoisotopic (exact) mass is 314 g/mol. The summed E-state index contributed by atoms with van der Waals surface area (Å²) in [6.45, 7) is 7.55. The molecule has 4 heteroatoms. The van der Waals surface area contributed by atoms with Crippen LogP contribution in [0.3, 0.4) is 0 Å². The van der Waals surface area contributed by atoms with Gasteiger partial charge in [0.25, 0.3) is 0 Å². The molecular formula is C18H22N2OS. The predicted octanol–water partition coefficient (Wildman–Crippen LogP) is 3.69. The Morgan fingerprint density at radius 1 is 1.14 bits per heavy atom. The molecule has 0 fully saturated rings. The zero-order valence-electron chi connectivity index (χ0n) is 13.3. The number of carbonyl (C=O) groups is 1. The van der Waals surface area contributed by atoms with Gasteiger partial charge in [-0.15, -0.1) is 0 Å². The number of amides is 1. The van der Waals surface area contributed by atoms with E-state index in [0.717, 1.165) is 29.4 Å². The van der Waals surface area contributed by atoms with Crippen LogP contribution >= 0.6 is 12.2 Å². The van der Waals surface area contributed by atoms with E-state index < -0.39 is 0 Å². The highest BCUT2D eigenvalue weighted by atomic mass is 32.1. The van der Waals surface area contributed by atoms with Crippen LogP contribution in [0.2, 0.25) is 0 Å². The second-order valence-corrected chi connectivity index (χ2v) is 5.64. The summed E-state index contributed by atoms with van der Waals surface area (Å²) in [6, 6.07) is 14.2. The molecule has 116 valence electrons. The number of rotatable bonds is 4. The lowest BCUT2D eigenvalue weighted by atomic mass is 9.94. The van der Waals surface area contributed by atoms with Gasteiger partial charge in [0, 0.05) is 13.1 Å². The molecule has 1 amide bonds. The average Bonchev–Trinajstić information content (AvgIpc) is 2.54. The maximum atomic E-state index is 12.5. The van der Waals surface area contributed by atoms with Crippen LogP contribution in [0.4, 0.5) is 0 Å². The van der Waals surface area contributed by atoms with Crippen molar-refractivity contribution in [2.75, 3.05) is 13.1 Å². The van der Waals surface area contributed by atoms with E-state index in [1.165, 1.54) is 0 Å². The molecule has 0 radical (unpaired) electrons. The smallest absolute Gasteiger partial charge is 0.233 e. The van der Waals surface area contributed by atoms with E-state index in [1.54, 1.807) is 0 Å². The number of nitrogens with one attached hydrogen (secondary N) is 1. The van der Waals surface area contributed by atoms with Gasteiger partial charge in [0.05, 0.1) is 5.92 Å². The summed E-state index contributed by atoms with van der Waals surface area (Å²) in [4.78, 5) is 14.5. The first-order valence-electron chi connectivity index (χ1n) is 7.65. The van der Waals surface area contributed by atoms with Crippen molar-refractivity contribution < 1.29 is 4.79 Å². The van der Waals surface area contributed by atoms with Gasteiger partial charge >= 0.3 is 0 Å². The molecule has 1 atom stereocenters. The molecule has 0 saturated heterocycles. The standard InChI is InChI=1S/C18H22N2OS/c1-4-20(5-2)18(22)19-17(21)13(3)15-12-8-10-14-9-6-7-11-16(14)15/h6-13H,4-5H2,1-3H3,(H,19,21,22)/t13-/m1/s1. The lowest BCUT2D eigenvalue weighted by molar-refractivity contribution is -0.120. The molecule has 0 unspecified atom stereocenters. The van der Waals surface area contributed by atoms with Gasteiger partial charge in [0.1, 0.15) is 0 Å². The van der Waals surface area contributed by atoms with E-state index in [1.807, 2.05) is 49.9 Å². The van der Waals surface area contributed by atoms with Gasteiger partial charge in [-0.1, -0.05) is 42.5 Å². The van der Waals surface area contributed by atoms with Gasteiger partial charge in [-0.2, -0.15) is 0 Å². The Hall–Kier alpha value is -1.94. The summed E-state index contributed by atoms with van der Waals surface area (Å²) in [6.07, 6.45) is 0. The fraction of sp³-hybridized carbons (Fsp3) is 0.333. The lowest BCUT2D eigenvalue weighted by Gasteiger charge is -2.23. The number of benzene rings is 2. The number of hydrogen-bond acceptors (Lipinski definition) is 2. The third-order valence-electron chi connectivity index (χ3n) is 3.96. The van der Waals surface area contributed by atoms with E-state index in [9.17, 15) is 4.79 Å². The van der Waals surface area contributed by atoms with Crippen molar-refractivity contribution in [3.05, 3.63) is 48.0 Å². The van der Waals surface area contributed by atoms with Gasteiger partial charge < -0.3 is 10.2 Å². The molecular weight excluding hydrogens is 292 g/mol. The van der Waals surface area contributed by atoms with Gasteiger partial charge in [0.15, 0.2) is 5.11 Å². The van der Waals surface area contributed by atoms with Crippen LogP contribution in [0.5, 0.6) is 0 Å². The third-order valence-corrected chi connectivity index (χ3v) is 4.32. The maximum Gasteiger partial charge on any atom is 0.233 e. The molecule has 0 aliphatic carbocycles. The topological polar surface area (TPSA) is 32.3 Å². The SMILES string of the molecule is CCN(CC)C(=S)NC(=O)[C@H](C)c1cccc2ccccc12. The van der Waals surface area contributed by atoms with Crippen molar-refractivity contribution in [1.29, 1.82) is 0 Å². The van der Waals surface area contributed by atoms with Crippen molar-refractivity contribution in [2.24, 2.45) is 0 Å². The first-order chi connectivity index (χ1) is 10.6. The highest BCUT2D eigenvalue weighted by Crippen LogP contribution is 2.25. The fourth-order valence-electron chi connectivity index (χ4n) is 2.57. The van der Waals surface area contributed by atoms with Crippen molar-refractivity contribution in [1.82, 2.24) is 10.2 Å². The van der Waals surface area contributed by atoms with Crippen LogP contribution in [0.25, 0.3) is 10.8 Å². The molecule has 2 aromatic carbocycles. The molecule has 0 spiro atoms. The molecule has 0 aromatic heterocycles. The zero-order chi connectivity index (χ0) is 16.1. The Morgan fingerprint density at radius 3 is 2.45 bits per heavy atom. The quantitative estimate of drug-likeness (QED) is 0.874. The van der Waals surface area contributed by atoms with Crippen molar-refractivity contribution in [3.8, 4) is 0 Å². The van der Waals surface area contributed by atoms with Crippen LogP contribution in [0.15, 0.2) is 42.5 Å². The van der Waals surface area contributed by atoms with Gasteiger partial charge in [-0.3, -0.25) is 4.79 Å². The summed E-state index contributed by atoms with van der Waals surface area (Å²) < 4.78 is 0. The molecule has 2 rings (SSSR count). The Kier molecular flexibility index (Phi) is 5.50. The zero-order valence-corrected chi connectivity index (χ0v) is 14.1. The van der Waals surface area contributed by atoms with Crippen LogP contribution in [0.1, 0.15) is 32.3 Å². The number of carbonyl (C=O) groups excluding carboxylic acids is 1. The fourth-order valence-corrected chi connectivity index (χ4v) is 2.93. The predicted molar refractivity (Wildman–Crippen MR) is 96.0 cm³/mol. The normalized spacial score (nSPS) is 12.0. The lowest BCUT2D eigenvalue weighted by Crippen LogP contribution is -2.43. The Morgan fingerprint density at radius 2 is 1.77 bits per heavy atom. The van der Waals surface area contributed by atoms with E-state index >= 15 is 0 Å². The van der Waals surface area contributed by atoms with Crippen molar-refractivity contribution in [2.45, 2.75) is 26.7 Å². The molecule has 0 aliphatic rings. The molecule has 2 aromatic rings. The van der Waals surface area contributed by atoms with Crippen molar-refractivity contribution >= 4 is 34.0 Å². The summed E-state index contributed by atoms with van der Waals surface area (Å²) in [5, 5.41) is 5.62. The second kappa shape index (κ2) is 7.36. The van der Waals surface area contributed by atoms with E-state index in [-0.39, 0.29) is 11.8 Å². The number of thiocarbonyl (C=S) groups is 1. The third kappa shape index (κ3) is 3.45. The maximum absolute atomic E-state index is 12.5. The highest BCUT2D eigenvalue weighted by Gasteiger charge is 2.19. The summed E-state index contributed by atoms with van der Waals surface area (Å²) in [5.74, 6) is -0.312. The van der Waals surface area contributed by atoms with Crippen molar-refractivity contribution in [3.63, 3.8) is 0 Å². The van der Waals surface area contributed by atoms with Crippen LogP contribution in [0, 0.1) is 0 Å². The molecule has 22 heavy (non-hydrogen) atoms.